The Balaban J connectivity index is 1.14. The molecule has 0 radical (unpaired) electrons. The molecule has 6 rings (SSSR count). The molecule has 1 N–H and O–H groups in total. The van der Waals surface area contributed by atoms with Gasteiger partial charge >= 0.3 is 0 Å². The minimum Gasteiger partial charge on any atom is -0.351 e. The summed E-state index contributed by atoms with van der Waals surface area (Å²) in [7, 11) is 0. The van der Waals surface area contributed by atoms with Gasteiger partial charge in [-0.15, -0.1) is 0 Å². The molecule has 2 aliphatic carbocycles. The highest BCUT2D eigenvalue weighted by molar-refractivity contribution is 5.85. The van der Waals surface area contributed by atoms with Crippen LogP contribution >= 0.6 is 0 Å². The molecule has 176 valence electrons. The molecule has 1 saturated heterocycles. The smallest absolute Gasteiger partial charge is 0.225 e. The number of rotatable bonds is 5. The first-order valence-corrected chi connectivity index (χ1v) is 12.8. The third kappa shape index (κ3) is 4.36. The van der Waals surface area contributed by atoms with Gasteiger partial charge in [-0.3, -0.25) is 4.79 Å². The summed E-state index contributed by atoms with van der Waals surface area (Å²) >= 11 is 0. The summed E-state index contributed by atoms with van der Waals surface area (Å²) in [5.74, 6) is 2.75. The van der Waals surface area contributed by atoms with Crippen molar-refractivity contribution >= 4 is 22.8 Å². The van der Waals surface area contributed by atoms with Crippen molar-refractivity contribution in [2.75, 3.05) is 18.4 Å². The Morgan fingerprint density at radius 2 is 1.76 bits per heavy atom. The highest BCUT2D eigenvalue weighted by Crippen LogP contribution is 2.39. The van der Waals surface area contributed by atoms with E-state index >= 15 is 0 Å². The summed E-state index contributed by atoms with van der Waals surface area (Å²) in [4.78, 5) is 33.6. The number of hydrogen-bond donors (Lipinski definition) is 1. The number of aryl methyl sites for hydroxylation is 1. The Bertz CT molecular complexity index is 1210. The number of nitrogens with zero attached hydrogens (tertiary/aromatic N) is 5. The van der Waals surface area contributed by atoms with E-state index in [1.807, 2.05) is 12.3 Å². The Kier molecular flexibility index (Phi) is 5.63. The van der Waals surface area contributed by atoms with Crippen LogP contribution in [0.15, 0.2) is 30.5 Å². The van der Waals surface area contributed by atoms with Gasteiger partial charge in [-0.2, -0.15) is 0 Å². The molecule has 1 aromatic carbocycles. The zero-order valence-electron chi connectivity index (χ0n) is 19.8. The molecule has 3 fully saturated rings. The Morgan fingerprint density at radius 3 is 2.53 bits per heavy atom. The first-order valence-electron chi connectivity index (χ1n) is 12.8. The standard InChI is InChI=1S/C27H32N6O/c1-17-22-16-20(8-11-24(22)31-25(29-17)18-4-5-18)23-12-13-28-27(32-23)30-21-9-6-19(7-10-21)26(34)33-14-2-3-15-33/h8,11-13,16,18-19,21H,2-7,9-10,14-15H2,1H3,(H,28,30,32). The second-order valence-electron chi connectivity index (χ2n) is 10.2. The van der Waals surface area contributed by atoms with Crippen LogP contribution in [-0.4, -0.2) is 49.9 Å². The molecule has 2 aromatic heterocycles. The van der Waals surface area contributed by atoms with Gasteiger partial charge in [0, 0.05) is 53.8 Å². The third-order valence-corrected chi connectivity index (χ3v) is 7.62. The fraction of sp³-hybridized carbons (Fsp3) is 0.519. The molecule has 0 atom stereocenters. The Hall–Kier alpha value is -3.09. The molecule has 3 aliphatic rings. The van der Waals surface area contributed by atoms with Gasteiger partial charge in [-0.05, 0) is 76.5 Å². The van der Waals surface area contributed by atoms with Gasteiger partial charge in [0.15, 0.2) is 0 Å². The molecular weight excluding hydrogens is 424 g/mol. The fourth-order valence-electron chi connectivity index (χ4n) is 5.44. The van der Waals surface area contributed by atoms with Crippen molar-refractivity contribution in [2.45, 2.75) is 70.3 Å². The molecular formula is C27H32N6O. The van der Waals surface area contributed by atoms with Crippen LogP contribution in [0.25, 0.3) is 22.2 Å². The van der Waals surface area contributed by atoms with Crippen molar-refractivity contribution in [3.8, 4) is 11.3 Å². The number of likely N-dealkylation sites (tertiary alicyclic amines) is 1. The van der Waals surface area contributed by atoms with E-state index in [0.29, 0.717) is 23.8 Å². The van der Waals surface area contributed by atoms with E-state index in [2.05, 4.69) is 40.3 Å². The van der Waals surface area contributed by atoms with E-state index in [1.165, 1.54) is 12.8 Å². The van der Waals surface area contributed by atoms with Crippen molar-refractivity contribution < 1.29 is 4.79 Å². The summed E-state index contributed by atoms with van der Waals surface area (Å²) < 4.78 is 0. The Labute approximate surface area is 200 Å². The van der Waals surface area contributed by atoms with Gasteiger partial charge in [-0.1, -0.05) is 6.07 Å². The predicted octanol–water partition coefficient (Wildman–Crippen LogP) is 4.87. The minimum atomic E-state index is 0.187. The lowest BCUT2D eigenvalue weighted by atomic mass is 9.85. The lowest BCUT2D eigenvalue weighted by Crippen LogP contribution is -2.37. The van der Waals surface area contributed by atoms with Gasteiger partial charge in [0.2, 0.25) is 11.9 Å². The number of carbonyl (C=O) groups is 1. The number of fused-ring (bicyclic) bond motifs is 1. The maximum atomic E-state index is 12.7. The molecule has 0 bridgehead atoms. The summed E-state index contributed by atoms with van der Waals surface area (Å²) in [6.45, 7) is 3.96. The first-order chi connectivity index (χ1) is 16.6. The maximum absolute atomic E-state index is 12.7. The van der Waals surface area contributed by atoms with Gasteiger partial charge in [0.05, 0.1) is 11.2 Å². The van der Waals surface area contributed by atoms with E-state index in [0.717, 1.165) is 85.3 Å². The monoisotopic (exact) mass is 456 g/mol. The highest BCUT2D eigenvalue weighted by atomic mass is 16.2. The zero-order chi connectivity index (χ0) is 23.1. The fourth-order valence-corrected chi connectivity index (χ4v) is 5.44. The molecule has 7 heteroatoms. The molecule has 34 heavy (non-hydrogen) atoms. The van der Waals surface area contributed by atoms with E-state index in [1.54, 1.807) is 0 Å². The van der Waals surface area contributed by atoms with Crippen molar-refractivity contribution in [3.05, 3.63) is 42.0 Å². The van der Waals surface area contributed by atoms with Gasteiger partial charge < -0.3 is 10.2 Å². The molecule has 3 aromatic rings. The predicted molar refractivity (Wildman–Crippen MR) is 132 cm³/mol. The van der Waals surface area contributed by atoms with E-state index in [4.69, 9.17) is 15.0 Å². The molecule has 2 saturated carbocycles. The summed E-state index contributed by atoms with van der Waals surface area (Å²) in [5.41, 5.74) is 3.97. The summed E-state index contributed by atoms with van der Waals surface area (Å²) in [5, 5.41) is 4.60. The van der Waals surface area contributed by atoms with E-state index in [-0.39, 0.29) is 5.92 Å². The van der Waals surface area contributed by atoms with Crippen molar-refractivity contribution in [3.63, 3.8) is 0 Å². The van der Waals surface area contributed by atoms with E-state index < -0.39 is 0 Å². The average molecular weight is 457 g/mol. The average Bonchev–Trinajstić information content (AvgIpc) is 3.58. The quantitative estimate of drug-likeness (QED) is 0.590. The third-order valence-electron chi connectivity index (χ3n) is 7.62. The van der Waals surface area contributed by atoms with Gasteiger partial charge in [-0.25, -0.2) is 19.9 Å². The molecule has 3 heterocycles. The van der Waals surface area contributed by atoms with Crippen LogP contribution in [0, 0.1) is 12.8 Å². The van der Waals surface area contributed by atoms with Crippen molar-refractivity contribution in [1.29, 1.82) is 0 Å². The maximum Gasteiger partial charge on any atom is 0.225 e. The Morgan fingerprint density at radius 1 is 0.971 bits per heavy atom. The number of amides is 1. The lowest BCUT2D eigenvalue weighted by Gasteiger charge is -2.30. The first kappa shape index (κ1) is 21.4. The van der Waals surface area contributed by atoms with Crippen LogP contribution in [0.2, 0.25) is 0 Å². The van der Waals surface area contributed by atoms with Crippen LogP contribution in [0.3, 0.4) is 0 Å². The van der Waals surface area contributed by atoms with Gasteiger partial charge in [0.25, 0.3) is 0 Å². The largest absolute Gasteiger partial charge is 0.351 e. The highest BCUT2D eigenvalue weighted by Gasteiger charge is 2.31. The van der Waals surface area contributed by atoms with Crippen LogP contribution < -0.4 is 5.32 Å². The number of anilines is 1. The number of benzene rings is 1. The minimum absolute atomic E-state index is 0.187. The molecule has 1 aliphatic heterocycles. The van der Waals surface area contributed by atoms with Gasteiger partial charge in [0.1, 0.15) is 5.82 Å². The summed E-state index contributed by atoms with van der Waals surface area (Å²) in [6.07, 6.45) is 10.4. The molecule has 1 amide bonds. The van der Waals surface area contributed by atoms with Crippen LogP contribution in [0.5, 0.6) is 0 Å². The van der Waals surface area contributed by atoms with E-state index in [9.17, 15) is 4.79 Å². The van der Waals surface area contributed by atoms with Crippen LogP contribution in [0.1, 0.15) is 68.8 Å². The number of hydrogen-bond acceptors (Lipinski definition) is 6. The summed E-state index contributed by atoms with van der Waals surface area (Å²) in [6, 6.07) is 8.58. The second kappa shape index (κ2) is 8.93. The molecule has 0 spiro atoms. The van der Waals surface area contributed by atoms with Crippen molar-refractivity contribution in [1.82, 2.24) is 24.8 Å². The zero-order valence-corrected chi connectivity index (χ0v) is 19.8. The number of aromatic nitrogens is 4. The normalized spacial score (nSPS) is 22.8. The number of nitrogens with one attached hydrogen (secondary N) is 1. The second-order valence-corrected chi connectivity index (χ2v) is 10.2. The molecule has 7 nitrogen and oxygen atoms in total. The SMILES string of the molecule is Cc1nc(C2CC2)nc2ccc(-c3ccnc(NC4CCC(C(=O)N5CCCC5)CC4)n3)cc12. The molecule has 0 unspecified atom stereocenters. The topological polar surface area (TPSA) is 83.9 Å². The lowest BCUT2D eigenvalue weighted by molar-refractivity contribution is -0.135. The van der Waals surface area contributed by atoms with Crippen LogP contribution in [-0.2, 0) is 4.79 Å². The van der Waals surface area contributed by atoms with Crippen molar-refractivity contribution in [2.24, 2.45) is 5.92 Å². The van der Waals surface area contributed by atoms with Crippen LogP contribution in [0.4, 0.5) is 5.95 Å². The number of carbonyl (C=O) groups excluding carboxylic acids is 1.